The minimum absolute atomic E-state index is 0.0611. The Hall–Kier alpha value is -2.24. The Morgan fingerprint density at radius 2 is 2.10 bits per heavy atom. The van der Waals surface area contributed by atoms with Gasteiger partial charge in [0.25, 0.3) is 0 Å². The predicted octanol–water partition coefficient (Wildman–Crippen LogP) is 1.26. The van der Waals surface area contributed by atoms with Gasteiger partial charge in [-0.2, -0.15) is 0 Å². The summed E-state index contributed by atoms with van der Waals surface area (Å²) < 4.78 is 5.05. The van der Waals surface area contributed by atoms with E-state index in [0.717, 1.165) is 0 Å². The third kappa shape index (κ3) is 4.11. The Morgan fingerprint density at radius 1 is 1.43 bits per heavy atom. The van der Waals surface area contributed by atoms with Gasteiger partial charge in [-0.1, -0.05) is 13.0 Å². The third-order valence-electron chi connectivity index (χ3n) is 3.19. The highest BCUT2D eigenvalue weighted by atomic mass is 16.5. The third-order valence-corrected chi connectivity index (χ3v) is 3.19. The van der Waals surface area contributed by atoms with Crippen LogP contribution < -0.4 is 16.0 Å². The number of anilines is 2. The van der Waals surface area contributed by atoms with Gasteiger partial charge in [0.2, 0.25) is 5.91 Å². The average molecular weight is 293 g/mol. The summed E-state index contributed by atoms with van der Waals surface area (Å²) in [6.07, 6.45) is 0. The topological polar surface area (TPSA) is 84.7 Å². The van der Waals surface area contributed by atoms with Crippen molar-refractivity contribution in [2.75, 3.05) is 37.9 Å². The van der Waals surface area contributed by atoms with Gasteiger partial charge in [-0.25, -0.2) is 4.79 Å². The maximum Gasteiger partial charge on any atom is 0.340 e. The molecular weight excluding hydrogens is 270 g/mol. The van der Waals surface area contributed by atoms with Crippen molar-refractivity contribution >= 4 is 23.3 Å². The van der Waals surface area contributed by atoms with Gasteiger partial charge < -0.3 is 20.7 Å². The minimum atomic E-state index is -0.417. The SMILES string of the molecule is CCOC(=O)c1cccc(N)c1N(C)CC(C)C(=O)NC. The number of hydrogen-bond donors (Lipinski definition) is 2. The lowest BCUT2D eigenvalue weighted by Gasteiger charge is -2.26. The Labute approximate surface area is 125 Å². The zero-order valence-corrected chi connectivity index (χ0v) is 13.0. The Bertz CT molecular complexity index is 517. The monoisotopic (exact) mass is 293 g/mol. The van der Waals surface area contributed by atoms with Crippen molar-refractivity contribution in [1.82, 2.24) is 5.32 Å². The molecule has 6 heteroatoms. The van der Waals surface area contributed by atoms with E-state index in [1.807, 2.05) is 11.8 Å². The van der Waals surface area contributed by atoms with Crippen LogP contribution >= 0.6 is 0 Å². The number of benzene rings is 1. The summed E-state index contributed by atoms with van der Waals surface area (Å²) in [6.45, 7) is 4.31. The van der Waals surface area contributed by atoms with Crippen molar-refractivity contribution in [2.24, 2.45) is 5.92 Å². The standard InChI is InChI=1S/C15H23N3O3/c1-5-21-15(20)11-7-6-8-12(16)13(11)18(4)9-10(2)14(19)17-3/h6-8,10H,5,9,16H2,1-4H3,(H,17,19). The first kappa shape index (κ1) is 16.8. The second-order valence-corrected chi connectivity index (χ2v) is 4.86. The number of nitrogens with zero attached hydrogens (tertiary/aromatic N) is 1. The summed E-state index contributed by atoms with van der Waals surface area (Å²) in [5, 5.41) is 2.61. The molecule has 0 fully saturated rings. The average Bonchev–Trinajstić information content (AvgIpc) is 2.45. The molecule has 1 aromatic rings. The molecule has 1 unspecified atom stereocenters. The molecule has 21 heavy (non-hydrogen) atoms. The van der Waals surface area contributed by atoms with Crippen LogP contribution in [0.2, 0.25) is 0 Å². The summed E-state index contributed by atoms with van der Waals surface area (Å²) in [5.41, 5.74) is 7.46. The van der Waals surface area contributed by atoms with Crippen LogP contribution in [0.15, 0.2) is 18.2 Å². The van der Waals surface area contributed by atoms with E-state index in [9.17, 15) is 9.59 Å². The number of rotatable bonds is 6. The smallest absolute Gasteiger partial charge is 0.340 e. The Balaban J connectivity index is 3.05. The first-order valence-electron chi connectivity index (χ1n) is 6.90. The van der Waals surface area contributed by atoms with Crippen molar-refractivity contribution in [3.8, 4) is 0 Å². The van der Waals surface area contributed by atoms with Crippen molar-refractivity contribution in [1.29, 1.82) is 0 Å². The number of nitrogen functional groups attached to an aromatic ring is 1. The van der Waals surface area contributed by atoms with Gasteiger partial charge in [0.1, 0.15) is 0 Å². The molecule has 6 nitrogen and oxygen atoms in total. The molecule has 1 amide bonds. The summed E-state index contributed by atoms with van der Waals surface area (Å²) >= 11 is 0. The van der Waals surface area contributed by atoms with E-state index in [0.29, 0.717) is 30.1 Å². The molecule has 0 heterocycles. The normalized spacial score (nSPS) is 11.6. The number of ether oxygens (including phenoxy) is 1. The highest BCUT2D eigenvalue weighted by molar-refractivity contribution is 5.99. The van der Waals surface area contributed by atoms with E-state index >= 15 is 0 Å². The number of carbonyl (C=O) groups is 2. The first-order chi connectivity index (χ1) is 9.92. The molecule has 1 atom stereocenters. The quantitative estimate of drug-likeness (QED) is 0.609. The zero-order valence-electron chi connectivity index (χ0n) is 13.0. The molecule has 3 N–H and O–H groups in total. The molecule has 116 valence electrons. The highest BCUT2D eigenvalue weighted by Gasteiger charge is 2.21. The van der Waals surface area contributed by atoms with Crippen LogP contribution in [0.5, 0.6) is 0 Å². The molecule has 0 aliphatic rings. The summed E-state index contributed by atoms with van der Waals surface area (Å²) in [7, 11) is 3.40. The van der Waals surface area contributed by atoms with Gasteiger partial charge in [-0.15, -0.1) is 0 Å². The number of para-hydroxylation sites is 1. The van der Waals surface area contributed by atoms with Gasteiger partial charge in [0.15, 0.2) is 0 Å². The van der Waals surface area contributed by atoms with Crippen LogP contribution in [0.25, 0.3) is 0 Å². The summed E-state index contributed by atoms with van der Waals surface area (Å²) in [4.78, 5) is 25.4. The van der Waals surface area contributed by atoms with Crippen LogP contribution in [0, 0.1) is 5.92 Å². The van der Waals surface area contributed by atoms with E-state index in [-0.39, 0.29) is 11.8 Å². The van der Waals surface area contributed by atoms with Crippen molar-refractivity contribution in [3.05, 3.63) is 23.8 Å². The minimum Gasteiger partial charge on any atom is -0.462 e. The van der Waals surface area contributed by atoms with Gasteiger partial charge in [-0.3, -0.25) is 4.79 Å². The fourth-order valence-corrected chi connectivity index (χ4v) is 2.19. The van der Waals surface area contributed by atoms with Crippen LogP contribution in [0.3, 0.4) is 0 Å². The van der Waals surface area contributed by atoms with Crippen molar-refractivity contribution < 1.29 is 14.3 Å². The number of amides is 1. The van der Waals surface area contributed by atoms with Crippen LogP contribution in [-0.2, 0) is 9.53 Å². The zero-order chi connectivity index (χ0) is 16.0. The number of esters is 1. The lowest BCUT2D eigenvalue weighted by molar-refractivity contribution is -0.123. The van der Waals surface area contributed by atoms with Gasteiger partial charge in [0, 0.05) is 20.6 Å². The molecule has 1 rings (SSSR count). The van der Waals surface area contributed by atoms with Crippen molar-refractivity contribution in [2.45, 2.75) is 13.8 Å². The van der Waals surface area contributed by atoms with E-state index < -0.39 is 5.97 Å². The first-order valence-corrected chi connectivity index (χ1v) is 6.90. The molecule has 0 bridgehead atoms. The number of hydrogen-bond acceptors (Lipinski definition) is 5. The largest absolute Gasteiger partial charge is 0.462 e. The van der Waals surface area contributed by atoms with Crippen LogP contribution in [0.4, 0.5) is 11.4 Å². The molecule has 0 saturated carbocycles. The van der Waals surface area contributed by atoms with Gasteiger partial charge in [0.05, 0.1) is 29.5 Å². The molecule has 0 aliphatic carbocycles. The van der Waals surface area contributed by atoms with E-state index in [1.54, 1.807) is 39.2 Å². The number of nitrogens with two attached hydrogens (primary N) is 1. The maximum absolute atomic E-state index is 12.0. The molecule has 0 radical (unpaired) electrons. The molecule has 0 aromatic heterocycles. The molecular formula is C15H23N3O3. The Kier molecular flexibility index (Phi) is 6.02. The lowest BCUT2D eigenvalue weighted by Crippen LogP contribution is -2.35. The van der Waals surface area contributed by atoms with E-state index in [2.05, 4.69) is 5.32 Å². The summed E-state index contributed by atoms with van der Waals surface area (Å²) in [6, 6.07) is 5.10. The highest BCUT2D eigenvalue weighted by Crippen LogP contribution is 2.28. The van der Waals surface area contributed by atoms with Crippen LogP contribution in [-0.4, -0.2) is 39.1 Å². The fourth-order valence-electron chi connectivity index (χ4n) is 2.19. The van der Waals surface area contributed by atoms with Crippen LogP contribution in [0.1, 0.15) is 24.2 Å². The maximum atomic E-state index is 12.0. The molecule has 0 spiro atoms. The van der Waals surface area contributed by atoms with Gasteiger partial charge >= 0.3 is 5.97 Å². The second kappa shape index (κ2) is 7.52. The number of carbonyl (C=O) groups excluding carboxylic acids is 2. The van der Waals surface area contributed by atoms with E-state index in [4.69, 9.17) is 10.5 Å². The fraction of sp³-hybridized carbons (Fsp3) is 0.467. The van der Waals surface area contributed by atoms with E-state index in [1.165, 1.54) is 0 Å². The predicted molar refractivity (Wildman–Crippen MR) is 83.3 cm³/mol. The Morgan fingerprint density at radius 3 is 2.67 bits per heavy atom. The molecule has 0 saturated heterocycles. The lowest BCUT2D eigenvalue weighted by atomic mass is 10.1. The molecule has 1 aromatic carbocycles. The second-order valence-electron chi connectivity index (χ2n) is 4.86. The van der Waals surface area contributed by atoms with Crippen molar-refractivity contribution in [3.63, 3.8) is 0 Å². The number of nitrogens with one attached hydrogen (secondary N) is 1. The summed E-state index contributed by atoms with van der Waals surface area (Å²) in [5.74, 6) is -0.706. The molecule has 0 aliphatic heterocycles. The van der Waals surface area contributed by atoms with Gasteiger partial charge in [-0.05, 0) is 19.1 Å².